The van der Waals surface area contributed by atoms with Crippen LogP contribution in [0.3, 0.4) is 0 Å². The average Bonchev–Trinajstić information content (AvgIpc) is 3.21. The molecule has 0 saturated carbocycles. The normalized spacial score (nSPS) is 14.5. The van der Waals surface area contributed by atoms with Crippen LogP contribution >= 0.6 is 0 Å². The Morgan fingerprint density at radius 2 is 1.73 bits per heavy atom. The second-order valence-electron chi connectivity index (χ2n) is 8.33. The first kappa shape index (κ1) is 20.8. The molecule has 3 heterocycles. The Kier molecular flexibility index (Phi) is 5.34. The number of carbonyl (C=O) groups excluding carboxylic acids is 1. The van der Waals surface area contributed by atoms with E-state index in [1.54, 1.807) is 45.9 Å². The highest BCUT2D eigenvalue weighted by Gasteiger charge is 2.26. The molecule has 0 aliphatic carbocycles. The van der Waals surface area contributed by atoms with Crippen LogP contribution in [-0.2, 0) is 0 Å². The van der Waals surface area contributed by atoms with Crippen LogP contribution in [0.1, 0.15) is 28.8 Å². The number of benzene rings is 2. The van der Waals surface area contributed by atoms with E-state index in [2.05, 4.69) is 10.4 Å². The fourth-order valence-corrected chi connectivity index (χ4v) is 4.26. The summed E-state index contributed by atoms with van der Waals surface area (Å²) in [5.74, 6) is 0.820. The molecule has 0 radical (unpaired) electrons. The van der Waals surface area contributed by atoms with Gasteiger partial charge < -0.3 is 20.4 Å². The average molecular weight is 444 g/mol. The summed E-state index contributed by atoms with van der Waals surface area (Å²) in [5, 5.41) is 28.4. The van der Waals surface area contributed by atoms with Crippen LogP contribution in [-0.4, -0.2) is 54.7 Å². The van der Waals surface area contributed by atoms with Gasteiger partial charge >= 0.3 is 0 Å². The molecule has 4 aromatic rings. The first-order chi connectivity index (χ1) is 16.0. The minimum atomic E-state index is -0.151. The number of anilines is 1. The van der Waals surface area contributed by atoms with Crippen molar-refractivity contribution in [2.24, 2.45) is 0 Å². The molecule has 8 heteroatoms. The lowest BCUT2D eigenvalue weighted by Gasteiger charge is -2.33. The third-order valence-electron chi connectivity index (χ3n) is 6.10. The van der Waals surface area contributed by atoms with Crippen molar-refractivity contribution in [3.63, 3.8) is 0 Å². The molecule has 1 amide bonds. The Bertz CT molecular complexity index is 1320. The minimum absolute atomic E-state index is 0.00710. The van der Waals surface area contributed by atoms with Gasteiger partial charge in [0.25, 0.3) is 5.91 Å². The second-order valence-corrected chi connectivity index (χ2v) is 8.33. The highest BCUT2D eigenvalue weighted by atomic mass is 16.3. The number of aromatic nitrogens is 3. The van der Waals surface area contributed by atoms with Gasteiger partial charge in [0, 0.05) is 36.3 Å². The van der Waals surface area contributed by atoms with Crippen molar-refractivity contribution < 1.29 is 15.0 Å². The molecule has 0 spiro atoms. The summed E-state index contributed by atoms with van der Waals surface area (Å²) in [6, 6.07) is 15.8. The lowest BCUT2D eigenvalue weighted by molar-refractivity contribution is 0.0715. The third kappa shape index (κ3) is 3.95. The molecule has 0 unspecified atom stereocenters. The van der Waals surface area contributed by atoms with Crippen molar-refractivity contribution in [2.45, 2.75) is 25.8 Å². The number of phenols is 2. The van der Waals surface area contributed by atoms with Gasteiger partial charge in [-0.2, -0.15) is 9.61 Å². The number of nitrogens with one attached hydrogen (secondary N) is 1. The predicted molar refractivity (Wildman–Crippen MR) is 125 cm³/mol. The number of aromatic hydroxyl groups is 2. The van der Waals surface area contributed by atoms with Gasteiger partial charge in [-0.3, -0.25) is 4.79 Å². The van der Waals surface area contributed by atoms with Gasteiger partial charge in [0.2, 0.25) is 0 Å². The van der Waals surface area contributed by atoms with Gasteiger partial charge in [0.15, 0.2) is 5.65 Å². The topological polar surface area (TPSA) is 103 Å². The largest absolute Gasteiger partial charge is 0.507 e. The monoisotopic (exact) mass is 443 g/mol. The first-order valence-electron chi connectivity index (χ1n) is 11.0. The van der Waals surface area contributed by atoms with E-state index in [4.69, 9.17) is 4.98 Å². The Morgan fingerprint density at radius 3 is 2.45 bits per heavy atom. The maximum Gasteiger partial charge on any atom is 0.257 e. The standard InChI is InChI=1S/C25H25N5O3/c1-16-15-26-30-23(14-20(28-24(16)30)18-6-2-4-8-21(18)31)27-17-10-12-29(13-11-17)25(33)19-7-3-5-9-22(19)32/h2-9,14-15,17,27,31-32H,10-13H2,1H3. The molecule has 1 aliphatic heterocycles. The quantitative estimate of drug-likeness (QED) is 0.443. The van der Waals surface area contributed by atoms with Gasteiger partial charge in [-0.05, 0) is 44.0 Å². The van der Waals surface area contributed by atoms with E-state index in [9.17, 15) is 15.0 Å². The van der Waals surface area contributed by atoms with Gasteiger partial charge in [0.1, 0.15) is 17.3 Å². The highest BCUT2D eigenvalue weighted by molar-refractivity contribution is 5.96. The van der Waals surface area contributed by atoms with Crippen LogP contribution in [0, 0.1) is 6.92 Å². The number of phenolic OH excluding ortho intramolecular Hbond substituents is 2. The Balaban J connectivity index is 1.36. The van der Waals surface area contributed by atoms with Crippen LogP contribution in [0.25, 0.3) is 16.9 Å². The zero-order valence-corrected chi connectivity index (χ0v) is 18.3. The van der Waals surface area contributed by atoms with Gasteiger partial charge in [-0.15, -0.1) is 0 Å². The van der Waals surface area contributed by atoms with E-state index >= 15 is 0 Å². The number of rotatable bonds is 4. The summed E-state index contributed by atoms with van der Waals surface area (Å²) in [7, 11) is 0. The summed E-state index contributed by atoms with van der Waals surface area (Å²) in [6.45, 7) is 3.13. The predicted octanol–water partition coefficient (Wildman–Crippen LogP) is 3.83. The van der Waals surface area contributed by atoms with E-state index < -0.39 is 0 Å². The number of carbonyl (C=O) groups is 1. The molecule has 1 fully saturated rings. The molecule has 2 aromatic heterocycles. The molecule has 0 atom stereocenters. The van der Waals surface area contributed by atoms with Gasteiger partial charge in [-0.1, -0.05) is 24.3 Å². The van der Waals surface area contributed by atoms with Crippen molar-refractivity contribution in [2.75, 3.05) is 18.4 Å². The fraction of sp³-hybridized carbons (Fsp3) is 0.240. The molecule has 5 rings (SSSR count). The Labute approximate surface area is 191 Å². The molecule has 1 aliphatic rings. The summed E-state index contributed by atoms with van der Waals surface area (Å²) in [5.41, 5.74) is 3.33. The first-order valence-corrected chi connectivity index (χ1v) is 11.0. The van der Waals surface area contributed by atoms with Crippen LogP contribution in [0.2, 0.25) is 0 Å². The smallest absolute Gasteiger partial charge is 0.257 e. The molecule has 0 bridgehead atoms. The van der Waals surface area contributed by atoms with E-state index in [-0.39, 0.29) is 23.4 Å². The second kappa shape index (κ2) is 8.46. The fourth-order valence-electron chi connectivity index (χ4n) is 4.26. The third-order valence-corrected chi connectivity index (χ3v) is 6.10. The number of nitrogens with zero attached hydrogens (tertiary/aromatic N) is 4. The van der Waals surface area contributed by atoms with Gasteiger partial charge in [-0.25, -0.2) is 4.98 Å². The molecule has 1 saturated heterocycles. The number of piperidine rings is 1. The summed E-state index contributed by atoms with van der Waals surface area (Å²) >= 11 is 0. The number of fused-ring (bicyclic) bond motifs is 1. The van der Waals surface area contributed by atoms with E-state index in [1.807, 2.05) is 25.1 Å². The van der Waals surface area contributed by atoms with E-state index in [0.717, 1.165) is 29.9 Å². The molecule has 2 aromatic carbocycles. The maximum atomic E-state index is 12.8. The summed E-state index contributed by atoms with van der Waals surface area (Å²) in [4.78, 5) is 19.3. The number of para-hydroxylation sites is 2. The van der Waals surface area contributed by atoms with Crippen LogP contribution < -0.4 is 5.32 Å². The van der Waals surface area contributed by atoms with Crippen molar-refractivity contribution in [1.29, 1.82) is 0 Å². The molecular weight excluding hydrogens is 418 g/mol. The summed E-state index contributed by atoms with van der Waals surface area (Å²) in [6.07, 6.45) is 3.29. The Hall–Kier alpha value is -4.07. The van der Waals surface area contributed by atoms with Crippen LogP contribution in [0.4, 0.5) is 5.82 Å². The zero-order chi connectivity index (χ0) is 22.9. The number of hydrogen-bond donors (Lipinski definition) is 3. The van der Waals surface area contributed by atoms with Crippen LogP contribution in [0.5, 0.6) is 11.5 Å². The van der Waals surface area contributed by atoms with Crippen molar-refractivity contribution in [3.05, 3.63) is 71.9 Å². The van der Waals surface area contributed by atoms with E-state index in [0.29, 0.717) is 29.9 Å². The molecular formula is C25H25N5O3. The number of likely N-dealkylation sites (tertiary alicyclic amines) is 1. The SMILES string of the molecule is Cc1cnn2c(NC3CCN(C(=O)c4ccccc4O)CC3)cc(-c3ccccc3O)nc12. The lowest BCUT2D eigenvalue weighted by atomic mass is 10.0. The van der Waals surface area contributed by atoms with Crippen LogP contribution in [0.15, 0.2) is 60.8 Å². The number of amides is 1. The lowest BCUT2D eigenvalue weighted by Crippen LogP contribution is -2.42. The van der Waals surface area contributed by atoms with Crippen molar-refractivity contribution >= 4 is 17.4 Å². The zero-order valence-electron chi connectivity index (χ0n) is 18.3. The molecule has 3 N–H and O–H groups in total. The van der Waals surface area contributed by atoms with Crippen molar-refractivity contribution in [3.8, 4) is 22.8 Å². The Morgan fingerprint density at radius 1 is 1.03 bits per heavy atom. The van der Waals surface area contributed by atoms with E-state index in [1.165, 1.54) is 6.07 Å². The highest BCUT2D eigenvalue weighted by Crippen LogP contribution is 2.31. The number of hydrogen-bond acceptors (Lipinski definition) is 6. The minimum Gasteiger partial charge on any atom is -0.507 e. The summed E-state index contributed by atoms with van der Waals surface area (Å²) < 4.78 is 1.78. The van der Waals surface area contributed by atoms with Gasteiger partial charge in [0.05, 0.1) is 17.5 Å². The van der Waals surface area contributed by atoms with Crippen molar-refractivity contribution in [1.82, 2.24) is 19.5 Å². The maximum absolute atomic E-state index is 12.8. The number of aryl methyl sites for hydroxylation is 1. The molecule has 168 valence electrons. The molecule has 33 heavy (non-hydrogen) atoms. The molecule has 8 nitrogen and oxygen atoms in total.